The number of ether oxygens (including phenoxy) is 3. The zero-order valence-corrected chi connectivity index (χ0v) is 15.0. The molecular weight excluding hydrogens is 302 g/mol. The third kappa shape index (κ3) is 5.17. The predicted octanol–water partition coefficient (Wildman–Crippen LogP) is 3.48. The molecule has 2 aromatic carbocycles. The zero-order chi connectivity index (χ0) is 17.4. The quantitative estimate of drug-likeness (QED) is 0.764. The first-order chi connectivity index (χ1) is 11.7. The van der Waals surface area contributed by atoms with Gasteiger partial charge in [-0.05, 0) is 61.7 Å². The van der Waals surface area contributed by atoms with E-state index in [0.29, 0.717) is 6.04 Å². The zero-order valence-electron chi connectivity index (χ0n) is 15.0. The lowest BCUT2D eigenvalue weighted by Crippen LogP contribution is -2.30. The lowest BCUT2D eigenvalue weighted by atomic mass is 10.1. The topological polar surface area (TPSA) is 39.7 Å². The largest absolute Gasteiger partial charge is 0.497 e. The molecule has 0 spiro atoms. The van der Waals surface area contributed by atoms with Crippen LogP contribution in [0, 0.1) is 0 Å². The fraction of sp³-hybridized carbons (Fsp3) is 0.400. The van der Waals surface area contributed by atoms with Gasteiger partial charge in [0.2, 0.25) is 0 Å². The van der Waals surface area contributed by atoms with Crippen LogP contribution in [0.2, 0.25) is 0 Å². The van der Waals surface area contributed by atoms with Crippen LogP contribution in [0.3, 0.4) is 0 Å². The summed E-state index contributed by atoms with van der Waals surface area (Å²) in [6, 6.07) is 14.7. The van der Waals surface area contributed by atoms with Crippen LogP contribution in [-0.2, 0) is 12.8 Å². The van der Waals surface area contributed by atoms with E-state index in [1.165, 1.54) is 11.1 Å². The highest BCUT2D eigenvalue weighted by Gasteiger charge is 2.06. The van der Waals surface area contributed by atoms with Crippen molar-refractivity contribution >= 4 is 0 Å². The summed E-state index contributed by atoms with van der Waals surface area (Å²) < 4.78 is 15.9. The van der Waals surface area contributed by atoms with Crippen molar-refractivity contribution in [3.63, 3.8) is 0 Å². The van der Waals surface area contributed by atoms with Gasteiger partial charge in [0, 0.05) is 6.04 Å². The van der Waals surface area contributed by atoms with Gasteiger partial charge in [0.05, 0.1) is 21.3 Å². The molecule has 0 aromatic heterocycles. The molecule has 0 fully saturated rings. The number of nitrogens with one attached hydrogen (secondary N) is 1. The van der Waals surface area contributed by atoms with E-state index in [-0.39, 0.29) is 0 Å². The standard InChI is InChI=1S/C20H27NO3/c1-15(12-17-6-5-7-18(13-17)22-2)21-11-10-16-8-9-19(23-3)20(14-16)24-4/h5-9,13-15,21H,10-12H2,1-4H3/t15-/m1/s1. The maximum absolute atomic E-state index is 5.35. The Morgan fingerprint density at radius 2 is 1.67 bits per heavy atom. The Morgan fingerprint density at radius 3 is 2.38 bits per heavy atom. The van der Waals surface area contributed by atoms with E-state index in [0.717, 1.165) is 36.6 Å². The summed E-state index contributed by atoms with van der Waals surface area (Å²) in [4.78, 5) is 0. The van der Waals surface area contributed by atoms with Gasteiger partial charge >= 0.3 is 0 Å². The van der Waals surface area contributed by atoms with Crippen LogP contribution in [0.1, 0.15) is 18.1 Å². The Balaban J connectivity index is 1.82. The minimum Gasteiger partial charge on any atom is -0.497 e. The average Bonchev–Trinajstić information content (AvgIpc) is 2.61. The number of hydrogen-bond donors (Lipinski definition) is 1. The molecule has 24 heavy (non-hydrogen) atoms. The number of methoxy groups -OCH3 is 3. The van der Waals surface area contributed by atoms with Crippen LogP contribution in [0.15, 0.2) is 42.5 Å². The van der Waals surface area contributed by atoms with E-state index in [1.807, 2.05) is 24.3 Å². The molecule has 0 aliphatic carbocycles. The molecule has 0 aliphatic rings. The molecule has 130 valence electrons. The highest BCUT2D eigenvalue weighted by atomic mass is 16.5. The molecule has 0 amide bonds. The Morgan fingerprint density at radius 1 is 0.875 bits per heavy atom. The molecule has 0 aliphatic heterocycles. The molecule has 4 nitrogen and oxygen atoms in total. The van der Waals surface area contributed by atoms with Crippen LogP contribution in [0.4, 0.5) is 0 Å². The fourth-order valence-corrected chi connectivity index (χ4v) is 2.72. The Bertz CT molecular complexity index is 643. The van der Waals surface area contributed by atoms with Crippen LogP contribution in [-0.4, -0.2) is 33.9 Å². The van der Waals surface area contributed by atoms with Gasteiger partial charge < -0.3 is 19.5 Å². The molecule has 0 radical (unpaired) electrons. The Labute approximate surface area is 144 Å². The van der Waals surface area contributed by atoms with Gasteiger partial charge in [-0.3, -0.25) is 0 Å². The highest BCUT2D eigenvalue weighted by Crippen LogP contribution is 2.27. The second-order valence-corrected chi connectivity index (χ2v) is 5.85. The van der Waals surface area contributed by atoms with E-state index >= 15 is 0 Å². The van der Waals surface area contributed by atoms with Crippen molar-refractivity contribution in [2.24, 2.45) is 0 Å². The first-order valence-electron chi connectivity index (χ1n) is 8.23. The lowest BCUT2D eigenvalue weighted by molar-refractivity contribution is 0.354. The summed E-state index contributed by atoms with van der Waals surface area (Å²) in [5, 5.41) is 3.57. The fourth-order valence-electron chi connectivity index (χ4n) is 2.72. The molecule has 2 rings (SSSR count). The summed E-state index contributed by atoms with van der Waals surface area (Å²) in [6.45, 7) is 3.12. The third-order valence-corrected chi connectivity index (χ3v) is 4.03. The summed E-state index contributed by atoms with van der Waals surface area (Å²) in [5.74, 6) is 2.45. The summed E-state index contributed by atoms with van der Waals surface area (Å²) in [6.07, 6.45) is 1.92. The van der Waals surface area contributed by atoms with E-state index in [9.17, 15) is 0 Å². The lowest BCUT2D eigenvalue weighted by Gasteiger charge is -2.15. The van der Waals surface area contributed by atoms with Crippen molar-refractivity contribution in [1.82, 2.24) is 5.32 Å². The van der Waals surface area contributed by atoms with E-state index in [2.05, 4.69) is 30.4 Å². The number of benzene rings is 2. The second kappa shape index (κ2) is 9.18. The highest BCUT2D eigenvalue weighted by molar-refractivity contribution is 5.42. The Kier molecular flexibility index (Phi) is 6.94. The van der Waals surface area contributed by atoms with Crippen LogP contribution in [0.5, 0.6) is 17.2 Å². The first-order valence-corrected chi connectivity index (χ1v) is 8.23. The van der Waals surface area contributed by atoms with Crippen LogP contribution in [0.25, 0.3) is 0 Å². The molecule has 0 saturated heterocycles. The normalized spacial score (nSPS) is 11.8. The smallest absolute Gasteiger partial charge is 0.160 e. The summed E-state index contributed by atoms with van der Waals surface area (Å²) in [7, 11) is 5.01. The van der Waals surface area contributed by atoms with Crippen molar-refractivity contribution < 1.29 is 14.2 Å². The van der Waals surface area contributed by atoms with Crippen LogP contribution < -0.4 is 19.5 Å². The molecule has 0 saturated carbocycles. The van der Waals surface area contributed by atoms with E-state index < -0.39 is 0 Å². The first kappa shape index (κ1) is 18.1. The van der Waals surface area contributed by atoms with Gasteiger partial charge in [-0.2, -0.15) is 0 Å². The molecular formula is C20H27NO3. The summed E-state index contributed by atoms with van der Waals surface area (Å²) >= 11 is 0. The van der Waals surface area contributed by atoms with Gasteiger partial charge in [-0.15, -0.1) is 0 Å². The molecule has 1 N–H and O–H groups in total. The molecule has 4 heteroatoms. The molecule has 2 aromatic rings. The number of rotatable bonds is 9. The Hall–Kier alpha value is -2.20. The van der Waals surface area contributed by atoms with Gasteiger partial charge in [0.25, 0.3) is 0 Å². The molecule has 0 unspecified atom stereocenters. The van der Waals surface area contributed by atoms with Gasteiger partial charge in [-0.1, -0.05) is 18.2 Å². The van der Waals surface area contributed by atoms with Gasteiger partial charge in [0.1, 0.15) is 5.75 Å². The predicted molar refractivity (Wildman–Crippen MR) is 97.4 cm³/mol. The third-order valence-electron chi connectivity index (χ3n) is 4.03. The number of hydrogen-bond acceptors (Lipinski definition) is 4. The SMILES string of the molecule is COc1cccc(C[C@@H](C)NCCc2ccc(OC)c(OC)c2)c1. The maximum atomic E-state index is 5.35. The monoisotopic (exact) mass is 329 g/mol. The van der Waals surface area contributed by atoms with Gasteiger partial charge in [0.15, 0.2) is 11.5 Å². The maximum Gasteiger partial charge on any atom is 0.160 e. The van der Waals surface area contributed by atoms with Crippen molar-refractivity contribution in [2.75, 3.05) is 27.9 Å². The summed E-state index contributed by atoms with van der Waals surface area (Å²) in [5.41, 5.74) is 2.51. The van der Waals surface area contributed by atoms with Crippen molar-refractivity contribution in [2.45, 2.75) is 25.8 Å². The van der Waals surface area contributed by atoms with Crippen LogP contribution >= 0.6 is 0 Å². The second-order valence-electron chi connectivity index (χ2n) is 5.85. The minimum absolute atomic E-state index is 0.400. The average molecular weight is 329 g/mol. The molecule has 0 heterocycles. The van der Waals surface area contributed by atoms with Crippen molar-refractivity contribution in [3.8, 4) is 17.2 Å². The van der Waals surface area contributed by atoms with Crippen molar-refractivity contribution in [1.29, 1.82) is 0 Å². The minimum atomic E-state index is 0.400. The van der Waals surface area contributed by atoms with E-state index in [1.54, 1.807) is 21.3 Å². The molecule has 0 bridgehead atoms. The van der Waals surface area contributed by atoms with Gasteiger partial charge in [-0.25, -0.2) is 0 Å². The molecule has 1 atom stereocenters. The van der Waals surface area contributed by atoms with Crippen molar-refractivity contribution in [3.05, 3.63) is 53.6 Å². The van der Waals surface area contributed by atoms with E-state index in [4.69, 9.17) is 14.2 Å².